The van der Waals surface area contributed by atoms with Crippen LogP contribution < -0.4 is 5.32 Å². The van der Waals surface area contributed by atoms with E-state index in [4.69, 9.17) is 0 Å². The van der Waals surface area contributed by atoms with Crippen molar-refractivity contribution < 1.29 is 9.59 Å². The van der Waals surface area contributed by atoms with Crippen LogP contribution in [0.3, 0.4) is 0 Å². The Hall–Kier alpha value is -1.16. The first-order valence-corrected chi connectivity index (χ1v) is 4.06. The van der Waals surface area contributed by atoms with E-state index < -0.39 is 0 Å². The van der Waals surface area contributed by atoms with Gasteiger partial charge in [-0.05, 0) is 17.0 Å². The van der Waals surface area contributed by atoms with E-state index >= 15 is 0 Å². The number of hydrogen-bond donors (Lipinski definition) is 1. The monoisotopic (exact) mass is 167 g/mol. The van der Waals surface area contributed by atoms with Crippen molar-refractivity contribution >= 4 is 23.2 Å². The molecule has 0 saturated heterocycles. The van der Waals surface area contributed by atoms with Crippen molar-refractivity contribution in [3.05, 3.63) is 21.9 Å². The second-order valence-corrected chi connectivity index (χ2v) is 3.25. The summed E-state index contributed by atoms with van der Waals surface area (Å²) in [5.41, 5.74) is 0.851. The Morgan fingerprint density at radius 1 is 1.45 bits per heavy atom. The molecular formula is C7H5NO2S. The molecule has 0 radical (unpaired) electrons. The molecule has 1 aromatic rings. The number of carbonyl (C=O) groups excluding carboxylic acids is 2. The molecule has 0 saturated carbocycles. The summed E-state index contributed by atoms with van der Waals surface area (Å²) in [6.07, 6.45) is 0.338. The summed E-state index contributed by atoms with van der Waals surface area (Å²) < 4.78 is 0. The van der Waals surface area contributed by atoms with Gasteiger partial charge in [0.25, 0.3) is 5.91 Å². The first-order chi connectivity index (χ1) is 5.27. The Labute approximate surface area is 67.0 Å². The molecule has 11 heavy (non-hydrogen) atoms. The highest BCUT2D eigenvalue weighted by molar-refractivity contribution is 7.12. The van der Waals surface area contributed by atoms with E-state index in [0.29, 0.717) is 11.3 Å². The maximum absolute atomic E-state index is 11.0. The van der Waals surface area contributed by atoms with E-state index in [1.54, 1.807) is 0 Å². The molecule has 4 heteroatoms. The molecule has 0 bridgehead atoms. The lowest BCUT2D eigenvalue weighted by Crippen LogP contribution is -2.35. The Bertz CT molecular complexity index is 329. The standard InChI is InChI=1S/C7H5NO2S/c9-5-3-4-1-2-11-6(4)7(10)8-5/h1-2H,3H2,(H,8,9,10). The lowest BCUT2D eigenvalue weighted by molar-refractivity contribution is -0.119. The first kappa shape index (κ1) is 6.54. The van der Waals surface area contributed by atoms with Crippen molar-refractivity contribution in [1.29, 1.82) is 0 Å². The fraction of sp³-hybridized carbons (Fsp3) is 0.143. The van der Waals surface area contributed by atoms with E-state index in [1.807, 2.05) is 11.4 Å². The largest absolute Gasteiger partial charge is 0.291 e. The number of amides is 2. The molecular weight excluding hydrogens is 162 g/mol. The van der Waals surface area contributed by atoms with E-state index in [2.05, 4.69) is 5.32 Å². The lowest BCUT2D eigenvalue weighted by atomic mass is 10.1. The van der Waals surface area contributed by atoms with Gasteiger partial charge in [0.05, 0.1) is 11.3 Å². The minimum atomic E-state index is -0.258. The van der Waals surface area contributed by atoms with Crippen LogP contribution in [0.4, 0.5) is 0 Å². The van der Waals surface area contributed by atoms with Crippen LogP contribution >= 0.6 is 11.3 Å². The SMILES string of the molecule is O=C1Cc2ccsc2C(=O)N1. The van der Waals surface area contributed by atoms with Crippen LogP contribution in [0.2, 0.25) is 0 Å². The molecule has 2 amide bonds. The number of rotatable bonds is 0. The highest BCUT2D eigenvalue weighted by Crippen LogP contribution is 2.19. The average Bonchev–Trinajstić information content (AvgIpc) is 2.34. The van der Waals surface area contributed by atoms with Crippen molar-refractivity contribution in [2.24, 2.45) is 0 Å². The van der Waals surface area contributed by atoms with Crippen LogP contribution in [0.25, 0.3) is 0 Å². The summed E-state index contributed by atoms with van der Waals surface area (Å²) in [4.78, 5) is 22.5. The van der Waals surface area contributed by atoms with E-state index in [9.17, 15) is 9.59 Å². The third-order valence-electron chi connectivity index (χ3n) is 1.56. The molecule has 0 unspecified atom stereocenters. The van der Waals surface area contributed by atoms with Crippen LogP contribution in [0.1, 0.15) is 15.2 Å². The molecule has 1 aliphatic rings. The fourth-order valence-electron chi connectivity index (χ4n) is 1.07. The van der Waals surface area contributed by atoms with Gasteiger partial charge in [0.15, 0.2) is 0 Å². The predicted molar refractivity (Wildman–Crippen MR) is 40.5 cm³/mol. The molecule has 0 fully saturated rings. The Morgan fingerprint density at radius 2 is 2.27 bits per heavy atom. The van der Waals surface area contributed by atoms with Crippen molar-refractivity contribution in [3.63, 3.8) is 0 Å². The summed E-state index contributed by atoms with van der Waals surface area (Å²) in [5.74, 6) is -0.466. The van der Waals surface area contributed by atoms with Crippen LogP contribution in [-0.2, 0) is 11.2 Å². The van der Waals surface area contributed by atoms with E-state index in [0.717, 1.165) is 5.56 Å². The number of hydrogen-bond acceptors (Lipinski definition) is 3. The van der Waals surface area contributed by atoms with Gasteiger partial charge in [-0.2, -0.15) is 0 Å². The summed E-state index contributed by atoms with van der Waals surface area (Å²) in [6.45, 7) is 0. The molecule has 0 spiro atoms. The molecule has 3 nitrogen and oxygen atoms in total. The molecule has 1 aliphatic heterocycles. The van der Waals surface area contributed by atoms with Gasteiger partial charge < -0.3 is 0 Å². The summed E-state index contributed by atoms with van der Waals surface area (Å²) in [7, 11) is 0. The summed E-state index contributed by atoms with van der Waals surface area (Å²) >= 11 is 1.37. The van der Waals surface area contributed by atoms with Gasteiger partial charge >= 0.3 is 0 Å². The maximum Gasteiger partial charge on any atom is 0.268 e. The number of carbonyl (C=O) groups is 2. The lowest BCUT2D eigenvalue weighted by Gasteiger charge is -2.09. The highest BCUT2D eigenvalue weighted by atomic mass is 32.1. The van der Waals surface area contributed by atoms with Gasteiger partial charge in [-0.15, -0.1) is 11.3 Å². The van der Waals surface area contributed by atoms with Crippen LogP contribution in [-0.4, -0.2) is 11.8 Å². The quantitative estimate of drug-likeness (QED) is 0.574. The molecule has 2 rings (SSSR count). The third kappa shape index (κ3) is 0.952. The minimum Gasteiger partial charge on any atom is -0.291 e. The molecule has 1 aromatic heterocycles. The first-order valence-electron chi connectivity index (χ1n) is 3.18. The van der Waals surface area contributed by atoms with Crippen molar-refractivity contribution in [2.45, 2.75) is 6.42 Å². The van der Waals surface area contributed by atoms with Crippen molar-refractivity contribution in [1.82, 2.24) is 5.32 Å². The zero-order chi connectivity index (χ0) is 7.84. The molecule has 0 aromatic carbocycles. The number of fused-ring (bicyclic) bond motifs is 1. The molecule has 2 heterocycles. The normalized spacial score (nSPS) is 16.0. The molecule has 0 aliphatic carbocycles. The number of imide groups is 1. The molecule has 56 valence electrons. The second kappa shape index (κ2) is 2.17. The fourth-order valence-corrected chi connectivity index (χ4v) is 1.89. The average molecular weight is 167 g/mol. The van der Waals surface area contributed by atoms with E-state index in [1.165, 1.54) is 11.3 Å². The molecule has 1 N–H and O–H groups in total. The van der Waals surface area contributed by atoms with Crippen LogP contribution in [0.5, 0.6) is 0 Å². The Kier molecular flexibility index (Phi) is 1.29. The smallest absolute Gasteiger partial charge is 0.268 e. The van der Waals surface area contributed by atoms with Crippen LogP contribution in [0.15, 0.2) is 11.4 Å². The summed E-state index contributed by atoms with van der Waals surface area (Å²) in [5, 5.41) is 4.08. The van der Waals surface area contributed by atoms with Gasteiger partial charge in [0.1, 0.15) is 0 Å². The minimum absolute atomic E-state index is 0.207. The van der Waals surface area contributed by atoms with Gasteiger partial charge in [-0.1, -0.05) is 0 Å². The molecule has 0 atom stereocenters. The number of thiophene rings is 1. The zero-order valence-corrected chi connectivity index (χ0v) is 6.40. The van der Waals surface area contributed by atoms with Crippen molar-refractivity contribution in [2.75, 3.05) is 0 Å². The second-order valence-electron chi connectivity index (χ2n) is 2.33. The Balaban J connectivity index is 2.52. The van der Waals surface area contributed by atoms with Gasteiger partial charge in [0.2, 0.25) is 5.91 Å². The van der Waals surface area contributed by atoms with Gasteiger partial charge in [0, 0.05) is 0 Å². The number of nitrogens with one attached hydrogen (secondary N) is 1. The highest BCUT2D eigenvalue weighted by Gasteiger charge is 2.22. The van der Waals surface area contributed by atoms with E-state index in [-0.39, 0.29) is 11.8 Å². The zero-order valence-electron chi connectivity index (χ0n) is 5.59. The van der Waals surface area contributed by atoms with Gasteiger partial charge in [-0.25, -0.2) is 0 Å². The van der Waals surface area contributed by atoms with Crippen molar-refractivity contribution in [3.8, 4) is 0 Å². The Morgan fingerprint density at radius 3 is 3.09 bits per heavy atom. The summed E-state index contributed by atoms with van der Waals surface area (Å²) in [6, 6.07) is 1.82. The predicted octanol–water partition coefficient (Wildman–Crippen LogP) is 0.561. The third-order valence-corrected chi connectivity index (χ3v) is 2.51. The maximum atomic E-state index is 11.0. The van der Waals surface area contributed by atoms with Gasteiger partial charge in [-0.3, -0.25) is 14.9 Å². The topological polar surface area (TPSA) is 46.2 Å². The van der Waals surface area contributed by atoms with Crippen LogP contribution in [0, 0.1) is 0 Å².